The second-order valence-corrected chi connectivity index (χ2v) is 11.6. The minimum Gasteiger partial charge on any atom is -0.493 e. The Morgan fingerprint density at radius 1 is 1.05 bits per heavy atom. The van der Waals surface area contributed by atoms with Gasteiger partial charge in [0.25, 0.3) is 5.91 Å². The molecule has 0 atom stereocenters. The Kier molecular flexibility index (Phi) is 7.69. The zero-order chi connectivity index (χ0) is 26.7. The summed E-state index contributed by atoms with van der Waals surface area (Å²) in [6.45, 7) is 4.97. The van der Waals surface area contributed by atoms with Crippen LogP contribution in [0.4, 0.5) is 0 Å². The number of aryl methyl sites for hydroxylation is 2. The smallest absolute Gasteiger partial charge is 0.283 e. The largest absolute Gasteiger partial charge is 0.493 e. The van der Waals surface area contributed by atoms with Crippen molar-refractivity contribution in [3.8, 4) is 17.2 Å². The number of rotatable bonds is 8. The third-order valence-electron chi connectivity index (χ3n) is 5.26. The predicted octanol–water partition coefficient (Wildman–Crippen LogP) is 3.78. The van der Waals surface area contributed by atoms with E-state index in [4.69, 9.17) is 19.6 Å². The van der Waals surface area contributed by atoms with Crippen LogP contribution in [0.15, 0.2) is 52.1 Å². The number of nitrogens with zero attached hydrogens (tertiary/aromatic N) is 3. The van der Waals surface area contributed by atoms with Crippen LogP contribution in [-0.2, 0) is 14.6 Å². The van der Waals surface area contributed by atoms with Crippen LogP contribution in [-0.4, -0.2) is 61.3 Å². The Labute approximate surface area is 219 Å². The molecule has 1 amide bonds. The van der Waals surface area contributed by atoms with Crippen molar-refractivity contribution in [2.75, 3.05) is 26.6 Å². The van der Waals surface area contributed by atoms with E-state index in [9.17, 15) is 13.2 Å². The number of amides is 1. The zero-order valence-electron chi connectivity index (χ0n) is 20.8. The lowest BCUT2D eigenvalue weighted by atomic mass is 10.1. The number of hydrazone groups is 1. The number of sulfone groups is 1. The Hall–Kier alpha value is -3.64. The highest BCUT2D eigenvalue weighted by Crippen LogP contribution is 2.32. The molecule has 0 spiro atoms. The Morgan fingerprint density at radius 3 is 2.43 bits per heavy atom. The van der Waals surface area contributed by atoms with E-state index in [1.165, 1.54) is 13.2 Å². The average Bonchev–Trinajstić information content (AvgIpc) is 3.26. The van der Waals surface area contributed by atoms with Crippen molar-refractivity contribution in [2.45, 2.75) is 20.3 Å². The maximum absolute atomic E-state index is 12.6. The molecule has 0 unspecified atom stereocenters. The normalized spacial score (nSPS) is 16.4. The van der Waals surface area contributed by atoms with Crippen molar-refractivity contribution in [1.82, 2.24) is 5.01 Å². The molecule has 0 saturated heterocycles. The summed E-state index contributed by atoms with van der Waals surface area (Å²) in [5, 5.41) is 13.4. The molecule has 0 aliphatic carbocycles. The lowest BCUT2D eigenvalue weighted by molar-refractivity contribution is -0.114. The number of benzene rings is 2. The number of carbonyl (C=O) groups is 1. The van der Waals surface area contributed by atoms with E-state index in [2.05, 4.69) is 16.2 Å². The first kappa shape index (κ1) is 26.4. The highest BCUT2D eigenvalue weighted by Gasteiger charge is 2.38. The molecular formula is C25H26N4O6S2. The van der Waals surface area contributed by atoms with Crippen LogP contribution in [0.5, 0.6) is 17.2 Å². The number of fused-ring (bicyclic) bond motifs is 1. The summed E-state index contributed by atoms with van der Waals surface area (Å²) in [5.41, 5.74) is 2.85. The molecule has 2 aliphatic heterocycles. The van der Waals surface area contributed by atoms with Gasteiger partial charge in [0.2, 0.25) is 19.4 Å². The van der Waals surface area contributed by atoms with Crippen molar-refractivity contribution in [2.24, 2.45) is 10.1 Å². The van der Waals surface area contributed by atoms with Crippen LogP contribution in [0.2, 0.25) is 0 Å². The average molecular weight is 543 g/mol. The fourth-order valence-electron chi connectivity index (χ4n) is 3.63. The van der Waals surface area contributed by atoms with E-state index in [-0.39, 0.29) is 21.0 Å². The van der Waals surface area contributed by atoms with E-state index in [0.717, 1.165) is 39.9 Å². The Morgan fingerprint density at radius 2 is 1.76 bits per heavy atom. The maximum atomic E-state index is 12.6. The number of methoxy groups -OCH3 is 1. The molecule has 194 valence electrons. The van der Waals surface area contributed by atoms with Gasteiger partial charge in [0.15, 0.2) is 17.3 Å². The van der Waals surface area contributed by atoms with Gasteiger partial charge in [-0.25, -0.2) is 8.42 Å². The number of aliphatic imine (C=N–C) groups is 1. The summed E-state index contributed by atoms with van der Waals surface area (Å²) in [4.78, 5) is 16.5. The molecule has 2 aromatic rings. The number of amidine groups is 2. The summed E-state index contributed by atoms with van der Waals surface area (Å²) in [6, 6.07) is 11.2. The number of hydrogen-bond donors (Lipinski definition) is 1. The lowest BCUT2D eigenvalue weighted by Gasteiger charge is -2.20. The molecule has 0 fully saturated rings. The van der Waals surface area contributed by atoms with E-state index in [1.807, 2.05) is 26.0 Å². The molecule has 2 aliphatic rings. The number of thioether (sulfide) groups is 1. The first-order chi connectivity index (χ1) is 17.5. The summed E-state index contributed by atoms with van der Waals surface area (Å²) >= 11 is 0.740. The first-order valence-corrected chi connectivity index (χ1v) is 14.0. The van der Waals surface area contributed by atoms with Crippen molar-refractivity contribution in [3.05, 3.63) is 58.7 Å². The van der Waals surface area contributed by atoms with Crippen LogP contribution in [0.25, 0.3) is 6.08 Å². The van der Waals surface area contributed by atoms with E-state index < -0.39 is 15.7 Å². The van der Waals surface area contributed by atoms with Crippen molar-refractivity contribution in [3.63, 3.8) is 0 Å². The summed E-state index contributed by atoms with van der Waals surface area (Å²) in [5.74, 6) is 0.899. The number of ether oxygens (including phenoxy) is 3. The molecular weight excluding hydrogens is 516 g/mol. The zero-order valence-corrected chi connectivity index (χ0v) is 22.4. The predicted molar refractivity (Wildman–Crippen MR) is 144 cm³/mol. The van der Waals surface area contributed by atoms with Gasteiger partial charge in [-0.1, -0.05) is 12.1 Å². The molecule has 1 N–H and O–H groups in total. The van der Waals surface area contributed by atoms with Crippen LogP contribution < -0.4 is 14.2 Å². The van der Waals surface area contributed by atoms with Gasteiger partial charge < -0.3 is 14.2 Å². The third-order valence-corrected chi connectivity index (χ3v) is 7.84. The topological polar surface area (TPSA) is 131 Å². The fourth-order valence-corrected chi connectivity index (χ4v) is 5.32. The van der Waals surface area contributed by atoms with Crippen LogP contribution in [0.1, 0.15) is 23.1 Å². The summed E-state index contributed by atoms with van der Waals surface area (Å²) in [6.07, 6.45) is 3.15. The highest BCUT2D eigenvalue weighted by atomic mass is 32.3. The second-order valence-electron chi connectivity index (χ2n) is 8.44. The molecule has 0 bridgehead atoms. The minimum absolute atomic E-state index is 0.0258. The Balaban J connectivity index is 1.41. The fraction of sp³-hybridized carbons (Fsp3) is 0.280. The Bertz CT molecular complexity index is 1440. The minimum atomic E-state index is -3.60. The summed E-state index contributed by atoms with van der Waals surface area (Å²) < 4.78 is 40.5. The van der Waals surface area contributed by atoms with E-state index >= 15 is 0 Å². The number of nitrogens with one attached hydrogen (secondary N) is 1. The number of hydrogen-bond acceptors (Lipinski definition) is 9. The monoisotopic (exact) mass is 542 g/mol. The molecule has 0 aromatic heterocycles. The number of carbonyl (C=O) groups excluding carboxylic acids is 1. The molecule has 0 saturated carbocycles. The van der Waals surface area contributed by atoms with Gasteiger partial charge in [-0.15, -0.1) is 5.10 Å². The van der Waals surface area contributed by atoms with E-state index in [1.54, 1.807) is 18.2 Å². The highest BCUT2D eigenvalue weighted by molar-refractivity contribution is 8.42. The molecule has 2 heterocycles. The first-order valence-electron chi connectivity index (χ1n) is 11.3. The standard InChI is InChI=1S/C25H26N4O6S2/c1-15-10-16(2)12-18(11-15)34-8-5-9-35-20-7-6-17(14-21(20)33-3)13-19-22(26)29-24(27-23(19)30)36-25(28-29)37(4,31)32/h6-7,10-14,26H,5,8-9H2,1-4H3/b19-13+,26-22?. The van der Waals surface area contributed by atoms with Gasteiger partial charge in [0.05, 0.1) is 25.9 Å². The quantitative estimate of drug-likeness (QED) is 0.394. The molecule has 37 heavy (non-hydrogen) atoms. The van der Waals surface area contributed by atoms with Crippen molar-refractivity contribution in [1.29, 1.82) is 5.41 Å². The van der Waals surface area contributed by atoms with Crippen LogP contribution in [0, 0.1) is 19.3 Å². The lowest BCUT2D eigenvalue weighted by Crippen LogP contribution is -2.35. The molecule has 10 nitrogen and oxygen atoms in total. The van der Waals surface area contributed by atoms with Crippen LogP contribution >= 0.6 is 11.8 Å². The SMILES string of the molecule is COc1cc(/C=C2\C(=N)N3N=C(S(C)(=O)=O)SC3=NC2=O)ccc1OCCCOc1cc(C)cc(C)c1. The van der Waals surface area contributed by atoms with Gasteiger partial charge in [0.1, 0.15) is 5.75 Å². The van der Waals surface area contributed by atoms with Gasteiger partial charge in [-0.2, -0.15) is 10.0 Å². The molecule has 0 radical (unpaired) electrons. The summed E-state index contributed by atoms with van der Waals surface area (Å²) in [7, 11) is -2.09. The molecule has 12 heteroatoms. The van der Waals surface area contributed by atoms with Crippen molar-refractivity contribution < 1.29 is 27.4 Å². The third kappa shape index (κ3) is 6.20. The van der Waals surface area contributed by atoms with Gasteiger partial charge in [0, 0.05) is 12.7 Å². The molecule has 4 rings (SSSR count). The van der Waals surface area contributed by atoms with Gasteiger partial charge in [-0.3, -0.25) is 10.2 Å². The van der Waals surface area contributed by atoms with Gasteiger partial charge >= 0.3 is 0 Å². The van der Waals surface area contributed by atoms with E-state index in [0.29, 0.717) is 36.7 Å². The maximum Gasteiger partial charge on any atom is 0.283 e. The second kappa shape index (κ2) is 10.8. The van der Waals surface area contributed by atoms with Crippen molar-refractivity contribution >= 4 is 49.0 Å². The van der Waals surface area contributed by atoms with Crippen LogP contribution in [0.3, 0.4) is 0 Å². The molecule has 2 aromatic carbocycles. The van der Waals surface area contributed by atoms with Gasteiger partial charge in [-0.05, 0) is 72.6 Å².